The molecule has 8 heteroatoms. The second kappa shape index (κ2) is 9.76. The van der Waals surface area contributed by atoms with Gasteiger partial charge in [-0.2, -0.15) is 0 Å². The summed E-state index contributed by atoms with van der Waals surface area (Å²) in [5, 5.41) is 0. The van der Waals surface area contributed by atoms with E-state index in [1.165, 1.54) is 0 Å². The van der Waals surface area contributed by atoms with Gasteiger partial charge in [0.1, 0.15) is 5.82 Å². The molecule has 3 aromatic heterocycles. The van der Waals surface area contributed by atoms with E-state index in [0.29, 0.717) is 37.4 Å². The second-order valence-electron chi connectivity index (χ2n) is 9.13. The van der Waals surface area contributed by atoms with Crippen molar-refractivity contribution in [3.8, 4) is 11.4 Å². The molecule has 0 spiro atoms. The van der Waals surface area contributed by atoms with Crippen LogP contribution in [-0.2, 0) is 6.54 Å². The van der Waals surface area contributed by atoms with Crippen LogP contribution in [0.1, 0.15) is 20.8 Å². The number of benzene rings is 1. The first-order valence-electron chi connectivity index (χ1n) is 11.9. The number of imidazole rings is 1. The average molecular weight is 471 g/mol. The van der Waals surface area contributed by atoms with Crippen LogP contribution in [0.25, 0.3) is 16.9 Å². The molecule has 4 aromatic rings. The highest BCUT2D eigenvalue weighted by atomic mass is 16.2. The minimum absolute atomic E-state index is 0.00575. The topological polar surface area (TPSA) is 66.1 Å². The Hall–Kier alpha value is -3.91. The Morgan fingerprint density at radius 1 is 0.857 bits per heavy atom. The third-order valence-corrected chi connectivity index (χ3v) is 6.44. The Balaban J connectivity index is 1.34. The van der Waals surface area contributed by atoms with Crippen molar-refractivity contribution in [2.75, 3.05) is 46.8 Å². The van der Waals surface area contributed by atoms with E-state index in [0.717, 1.165) is 30.0 Å². The van der Waals surface area contributed by atoms with Crippen LogP contribution < -0.4 is 0 Å². The molecule has 0 atom stereocenters. The minimum atomic E-state index is -0.0983. The van der Waals surface area contributed by atoms with E-state index in [4.69, 9.17) is 4.98 Å². The van der Waals surface area contributed by atoms with Gasteiger partial charge in [0.25, 0.3) is 11.8 Å². The molecule has 1 aliphatic heterocycles. The number of likely N-dealkylation sites (N-methyl/N-ethyl adjacent to an activating group) is 1. The van der Waals surface area contributed by atoms with Gasteiger partial charge in [-0.15, -0.1) is 0 Å². The lowest BCUT2D eigenvalue weighted by Gasteiger charge is -2.34. The van der Waals surface area contributed by atoms with Crippen LogP contribution in [0.2, 0.25) is 0 Å². The number of rotatable bonds is 6. The smallest absolute Gasteiger partial charge is 0.274 e. The molecule has 0 saturated carbocycles. The predicted molar refractivity (Wildman–Crippen MR) is 135 cm³/mol. The Morgan fingerprint density at radius 2 is 1.54 bits per heavy atom. The first kappa shape index (κ1) is 22.9. The highest BCUT2D eigenvalue weighted by Gasteiger charge is 2.28. The number of aromatic nitrogens is 3. The van der Waals surface area contributed by atoms with E-state index in [2.05, 4.69) is 29.8 Å². The summed E-state index contributed by atoms with van der Waals surface area (Å²) in [6.07, 6.45) is 6.07. The average Bonchev–Trinajstić information content (AvgIpc) is 3.52. The van der Waals surface area contributed by atoms with Crippen LogP contribution in [0.5, 0.6) is 0 Å². The van der Waals surface area contributed by atoms with E-state index >= 15 is 0 Å². The third-order valence-electron chi connectivity index (χ3n) is 6.44. The van der Waals surface area contributed by atoms with Crippen molar-refractivity contribution in [3.05, 3.63) is 84.4 Å². The van der Waals surface area contributed by atoms with E-state index in [1.54, 1.807) is 4.90 Å². The van der Waals surface area contributed by atoms with E-state index in [1.807, 2.05) is 76.3 Å². The van der Waals surface area contributed by atoms with Crippen molar-refractivity contribution in [3.63, 3.8) is 0 Å². The number of carbonyl (C=O) groups is 2. The highest BCUT2D eigenvalue weighted by molar-refractivity contribution is 6.00. The van der Waals surface area contributed by atoms with Crippen molar-refractivity contribution in [1.29, 1.82) is 0 Å². The summed E-state index contributed by atoms with van der Waals surface area (Å²) in [6.45, 7) is 3.81. The molecule has 180 valence electrons. The first-order valence-corrected chi connectivity index (χ1v) is 11.9. The van der Waals surface area contributed by atoms with Crippen LogP contribution in [-0.4, -0.2) is 87.3 Å². The molecule has 1 fully saturated rings. The number of hydrogen-bond acceptors (Lipinski definition) is 4. The number of piperazine rings is 1. The molecular formula is C27H30N6O2. The van der Waals surface area contributed by atoms with Crippen molar-refractivity contribution >= 4 is 17.3 Å². The summed E-state index contributed by atoms with van der Waals surface area (Å²) in [4.78, 5) is 36.9. The maximum Gasteiger partial charge on any atom is 0.274 e. The van der Waals surface area contributed by atoms with E-state index in [-0.39, 0.29) is 11.8 Å². The highest BCUT2D eigenvalue weighted by Crippen LogP contribution is 2.24. The summed E-state index contributed by atoms with van der Waals surface area (Å²) in [5.41, 5.74) is 2.89. The predicted octanol–water partition coefficient (Wildman–Crippen LogP) is 2.96. The van der Waals surface area contributed by atoms with Gasteiger partial charge in [-0.1, -0.05) is 24.3 Å². The van der Waals surface area contributed by atoms with Gasteiger partial charge in [-0.25, -0.2) is 4.98 Å². The molecule has 4 heterocycles. The lowest BCUT2D eigenvalue weighted by atomic mass is 10.2. The molecule has 1 aliphatic rings. The lowest BCUT2D eigenvalue weighted by Crippen LogP contribution is -2.50. The summed E-state index contributed by atoms with van der Waals surface area (Å²) >= 11 is 0. The zero-order chi connectivity index (χ0) is 24.4. The van der Waals surface area contributed by atoms with Crippen LogP contribution in [0.15, 0.2) is 73.2 Å². The summed E-state index contributed by atoms with van der Waals surface area (Å²) in [5.74, 6) is 0.662. The number of fused-ring (bicyclic) bond motifs is 1. The van der Waals surface area contributed by atoms with Gasteiger partial charge in [0.05, 0.1) is 5.52 Å². The molecule has 1 aromatic carbocycles. The van der Waals surface area contributed by atoms with Gasteiger partial charge < -0.3 is 19.3 Å². The molecule has 0 bridgehead atoms. The normalized spacial score (nSPS) is 14.1. The molecule has 35 heavy (non-hydrogen) atoms. The van der Waals surface area contributed by atoms with Crippen LogP contribution in [0.4, 0.5) is 0 Å². The monoisotopic (exact) mass is 470 g/mol. The zero-order valence-corrected chi connectivity index (χ0v) is 20.2. The maximum atomic E-state index is 13.5. The fourth-order valence-corrected chi connectivity index (χ4v) is 4.45. The standard InChI is InChI=1S/C27H30N6O2/c1-29(2)14-15-30-13-11-22(20-30)25-28-24(23-10-6-7-12-33(23)25)27(35)32-18-16-31(17-19-32)26(34)21-8-4-3-5-9-21/h3-13,20H,14-19H2,1-2H3. The first-order chi connectivity index (χ1) is 17.0. The molecule has 0 aliphatic carbocycles. The Morgan fingerprint density at radius 3 is 2.26 bits per heavy atom. The summed E-state index contributed by atoms with van der Waals surface area (Å²) < 4.78 is 4.12. The number of pyridine rings is 1. The molecule has 8 nitrogen and oxygen atoms in total. The van der Waals surface area contributed by atoms with Gasteiger partial charge in [0.2, 0.25) is 0 Å². The van der Waals surface area contributed by atoms with Gasteiger partial charge in [0.15, 0.2) is 5.69 Å². The molecule has 0 N–H and O–H groups in total. The van der Waals surface area contributed by atoms with Crippen molar-refractivity contribution in [2.24, 2.45) is 0 Å². The zero-order valence-electron chi connectivity index (χ0n) is 20.2. The largest absolute Gasteiger partial charge is 0.352 e. The second-order valence-corrected chi connectivity index (χ2v) is 9.13. The fourth-order valence-electron chi connectivity index (χ4n) is 4.45. The van der Waals surface area contributed by atoms with Gasteiger partial charge in [-0.3, -0.25) is 14.0 Å². The Bertz CT molecular complexity index is 1330. The number of amides is 2. The SMILES string of the molecule is CN(C)CCn1ccc(-c2nc(C(=O)N3CCN(C(=O)c4ccccc4)CC3)c3ccccn23)c1. The van der Waals surface area contributed by atoms with Gasteiger partial charge in [-0.05, 0) is 44.4 Å². The fraction of sp³-hybridized carbons (Fsp3) is 0.296. The van der Waals surface area contributed by atoms with Crippen molar-refractivity contribution < 1.29 is 9.59 Å². The lowest BCUT2D eigenvalue weighted by molar-refractivity contribution is 0.0533. The van der Waals surface area contributed by atoms with Crippen LogP contribution in [0.3, 0.4) is 0 Å². The quantitative estimate of drug-likeness (QED) is 0.435. The Kier molecular flexibility index (Phi) is 6.37. The van der Waals surface area contributed by atoms with Crippen LogP contribution in [0, 0.1) is 0 Å². The van der Waals surface area contributed by atoms with E-state index < -0.39 is 0 Å². The number of carbonyl (C=O) groups excluding carboxylic acids is 2. The minimum Gasteiger partial charge on any atom is -0.352 e. The molecule has 5 rings (SSSR count). The number of nitrogens with zero attached hydrogens (tertiary/aromatic N) is 6. The van der Waals surface area contributed by atoms with Gasteiger partial charge in [0, 0.05) is 69.0 Å². The van der Waals surface area contributed by atoms with Crippen LogP contribution >= 0.6 is 0 Å². The third kappa shape index (κ3) is 4.70. The summed E-state index contributed by atoms with van der Waals surface area (Å²) in [7, 11) is 4.11. The van der Waals surface area contributed by atoms with Gasteiger partial charge >= 0.3 is 0 Å². The molecular weight excluding hydrogens is 440 g/mol. The molecule has 0 radical (unpaired) electrons. The van der Waals surface area contributed by atoms with E-state index in [9.17, 15) is 9.59 Å². The molecule has 2 amide bonds. The Labute approximate surface area is 205 Å². The maximum absolute atomic E-state index is 13.5. The summed E-state index contributed by atoms with van der Waals surface area (Å²) in [6, 6.07) is 17.1. The van der Waals surface area contributed by atoms with Crippen molar-refractivity contribution in [1.82, 2.24) is 28.7 Å². The molecule has 1 saturated heterocycles. The molecule has 0 unspecified atom stereocenters. The van der Waals surface area contributed by atoms with Crippen molar-refractivity contribution in [2.45, 2.75) is 6.54 Å². The number of hydrogen-bond donors (Lipinski definition) is 0.